The zero-order valence-electron chi connectivity index (χ0n) is 20.4. The molecule has 2 aromatic carbocycles. The summed E-state index contributed by atoms with van der Waals surface area (Å²) in [4.78, 5) is 39.5. The number of rotatable bonds is 5. The van der Waals surface area contributed by atoms with Crippen molar-refractivity contribution in [3.05, 3.63) is 58.4 Å². The molecule has 3 rings (SSSR count). The first kappa shape index (κ1) is 26.2. The van der Waals surface area contributed by atoms with Crippen LogP contribution in [-0.4, -0.2) is 35.8 Å². The average molecular weight is 504 g/mol. The van der Waals surface area contributed by atoms with Crippen LogP contribution >= 0.6 is 11.6 Å². The molecule has 0 atom stereocenters. The van der Waals surface area contributed by atoms with Crippen molar-refractivity contribution in [3.8, 4) is 5.75 Å². The molecule has 0 N–H and O–H groups in total. The monoisotopic (exact) mass is 503 g/mol. The molecule has 1 aliphatic rings. The highest BCUT2D eigenvalue weighted by Crippen LogP contribution is 2.41. The Labute approximate surface area is 208 Å². The number of carbonyl (C=O) groups excluding carboxylic acids is 3. The number of ether oxygens (including phenoxy) is 3. The van der Waals surface area contributed by atoms with Gasteiger partial charge in [-0.15, -0.1) is 0 Å². The number of esters is 1. The highest BCUT2D eigenvalue weighted by atomic mass is 35.5. The fourth-order valence-corrected chi connectivity index (χ4v) is 3.56. The van der Waals surface area contributed by atoms with Crippen LogP contribution in [0.3, 0.4) is 0 Å². The molecule has 2 amide bonds. The zero-order valence-corrected chi connectivity index (χ0v) is 21.2. The fourth-order valence-electron chi connectivity index (χ4n) is 3.39. The van der Waals surface area contributed by atoms with Crippen molar-refractivity contribution in [1.29, 1.82) is 0 Å². The smallest absolute Gasteiger partial charge is 0.422 e. The quantitative estimate of drug-likeness (QED) is 0.366. The van der Waals surface area contributed by atoms with Crippen LogP contribution < -0.4 is 9.64 Å². The van der Waals surface area contributed by atoms with Crippen LogP contribution in [0.4, 0.5) is 14.9 Å². The third-order valence-corrected chi connectivity index (χ3v) is 5.14. The van der Waals surface area contributed by atoms with Gasteiger partial charge in [-0.05, 0) is 78.0 Å². The number of carbonyl (C=O) groups is 3. The highest BCUT2D eigenvalue weighted by molar-refractivity contribution is 6.42. The second kappa shape index (κ2) is 9.70. The summed E-state index contributed by atoms with van der Waals surface area (Å²) < 4.78 is 30.5. The molecule has 2 aromatic rings. The zero-order chi connectivity index (χ0) is 26.1. The molecule has 35 heavy (non-hydrogen) atoms. The van der Waals surface area contributed by atoms with E-state index in [-0.39, 0.29) is 29.2 Å². The molecule has 186 valence electrons. The summed E-state index contributed by atoms with van der Waals surface area (Å²) >= 11 is 6.13. The van der Waals surface area contributed by atoms with Crippen LogP contribution in [0, 0.1) is 5.82 Å². The minimum Gasteiger partial charge on any atom is -0.476 e. The molecule has 0 unspecified atom stereocenters. The van der Waals surface area contributed by atoms with Crippen molar-refractivity contribution in [1.82, 2.24) is 0 Å². The van der Waals surface area contributed by atoms with E-state index in [1.54, 1.807) is 39.8 Å². The summed E-state index contributed by atoms with van der Waals surface area (Å²) in [6.45, 7) is 9.93. The number of hydrogen-bond acceptors (Lipinski definition) is 6. The Morgan fingerprint density at radius 1 is 1.09 bits per heavy atom. The SMILES string of the molecule is CCOC(=O)C(C)(C)Oc1ccc(F)cc1C=C1C(=O)N(C(=O)OC(C)(C)C)c2cc(Cl)ccc21. The molecule has 0 aliphatic carbocycles. The van der Waals surface area contributed by atoms with E-state index in [9.17, 15) is 18.8 Å². The van der Waals surface area contributed by atoms with E-state index in [1.165, 1.54) is 44.2 Å². The number of fused-ring (bicyclic) bond motifs is 1. The van der Waals surface area contributed by atoms with Gasteiger partial charge in [-0.3, -0.25) is 4.79 Å². The fraction of sp³-hybridized carbons (Fsp3) is 0.346. The van der Waals surface area contributed by atoms with Gasteiger partial charge in [0.2, 0.25) is 0 Å². The van der Waals surface area contributed by atoms with Gasteiger partial charge in [-0.1, -0.05) is 17.7 Å². The molecule has 9 heteroatoms. The molecule has 1 heterocycles. The molecular weight excluding hydrogens is 477 g/mol. The Balaban J connectivity index is 2.10. The van der Waals surface area contributed by atoms with Gasteiger partial charge in [-0.2, -0.15) is 0 Å². The summed E-state index contributed by atoms with van der Waals surface area (Å²) in [5.74, 6) is -1.70. The number of nitrogens with zero attached hydrogens (tertiary/aromatic N) is 1. The van der Waals surface area contributed by atoms with E-state index in [0.717, 1.165) is 4.90 Å². The molecule has 7 nitrogen and oxygen atoms in total. The molecule has 0 aromatic heterocycles. The topological polar surface area (TPSA) is 82.1 Å². The molecule has 0 bridgehead atoms. The van der Waals surface area contributed by atoms with E-state index in [1.807, 2.05) is 0 Å². The second-order valence-electron chi connectivity index (χ2n) is 9.36. The molecule has 0 spiro atoms. The first-order chi connectivity index (χ1) is 16.2. The maximum absolute atomic E-state index is 14.2. The Bertz CT molecular complexity index is 1210. The molecule has 0 radical (unpaired) electrons. The van der Waals surface area contributed by atoms with Crippen molar-refractivity contribution >= 4 is 46.9 Å². The lowest BCUT2D eigenvalue weighted by Gasteiger charge is -2.25. The Morgan fingerprint density at radius 3 is 2.40 bits per heavy atom. The lowest BCUT2D eigenvalue weighted by Crippen LogP contribution is -2.40. The van der Waals surface area contributed by atoms with E-state index < -0.39 is 35.0 Å². The lowest BCUT2D eigenvalue weighted by molar-refractivity contribution is -0.158. The molecular formula is C26H27ClFNO6. The highest BCUT2D eigenvalue weighted by Gasteiger charge is 2.40. The predicted octanol–water partition coefficient (Wildman–Crippen LogP) is 6.02. The standard InChI is InChI=1S/C26H27ClFNO6/c1-7-33-23(31)26(5,6)34-21-11-9-17(28)12-15(21)13-19-18-10-8-16(27)14-20(18)29(22(19)30)24(32)35-25(2,3)4/h8-14H,7H2,1-6H3. The third kappa shape index (κ3) is 5.82. The number of benzene rings is 2. The number of hydrogen-bond donors (Lipinski definition) is 0. The molecule has 0 saturated carbocycles. The van der Waals surface area contributed by atoms with Gasteiger partial charge < -0.3 is 14.2 Å². The Morgan fingerprint density at radius 2 is 1.77 bits per heavy atom. The van der Waals surface area contributed by atoms with Crippen LogP contribution in [0.5, 0.6) is 5.75 Å². The molecule has 0 fully saturated rings. The largest absolute Gasteiger partial charge is 0.476 e. The van der Waals surface area contributed by atoms with Crippen molar-refractivity contribution in [2.45, 2.75) is 52.7 Å². The first-order valence-electron chi connectivity index (χ1n) is 11.0. The van der Waals surface area contributed by atoms with Crippen molar-refractivity contribution in [2.24, 2.45) is 0 Å². The normalized spacial score (nSPS) is 14.7. The van der Waals surface area contributed by atoms with Crippen LogP contribution in [-0.2, 0) is 19.1 Å². The summed E-state index contributed by atoms with van der Waals surface area (Å²) in [7, 11) is 0. The predicted molar refractivity (Wildman–Crippen MR) is 131 cm³/mol. The maximum atomic E-state index is 14.2. The van der Waals surface area contributed by atoms with Crippen molar-refractivity contribution in [2.75, 3.05) is 11.5 Å². The van der Waals surface area contributed by atoms with Gasteiger partial charge in [0.15, 0.2) is 5.60 Å². The van der Waals surface area contributed by atoms with E-state index in [0.29, 0.717) is 10.6 Å². The maximum Gasteiger partial charge on any atom is 0.422 e. The summed E-state index contributed by atoms with van der Waals surface area (Å²) in [6, 6.07) is 8.35. The van der Waals surface area contributed by atoms with Crippen LogP contribution in [0.2, 0.25) is 5.02 Å². The first-order valence-corrected chi connectivity index (χ1v) is 11.4. The third-order valence-electron chi connectivity index (χ3n) is 4.90. The lowest BCUT2D eigenvalue weighted by atomic mass is 10.0. The van der Waals surface area contributed by atoms with Gasteiger partial charge in [0.1, 0.15) is 17.2 Å². The van der Waals surface area contributed by atoms with Gasteiger partial charge in [0, 0.05) is 16.1 Å². The summed E-state index contributed by atoms with van der Waals surface area (Å²) in [6.07, 6.45) is 0.535. The second-order valence-corrected chi connectivity index (χ2v) is 9.79. The van der Waals surface area contributed by atoms with E-state index in [4.69, 9.17) is 25.8 Å². The minimum absolute atomic E-state index is 0.104. The van der Waals surface area contributed by atoms with Crippen molar-refractivity contribution in [3.63, 3.8) is 0 Å². The average Bonchev–Trinajstić information content (AvgIpc) is 2.99. The number of halogens is 2. The Hall–Kier alpha value is -3.39. The molecule has 0 saturated heterocycles. The van der Waals surface area contributed by atoms with Crippen molar-refractivity contribution < 1.29 is 33.0 Å². The van der Waals surface area contributed by atoms with Crippen LogP contribution in [0.25, 0.3) is 11.6 Å². The van der Waals surface area contributed by atoms with Gasteiger partial charge >= 0.3 is 12.1 Å². The van der Waals surface area contributed by atoms with E-state index in [2.05, 4.69) is 0 Å². The Kier molecular flexibility index (Phi) is 7.26. The number of anilines is 1. The molecule has 1 aliphatic heterocycles. The van der Waals surface area contributed by atoms with Crippen LogP contribution in [0.15, 0.2) is 36.4 Å². The number of imide groups is 1. The van der Waals surface area contributed by atoms with Crippen LogP contribution in [0.1, 0.15) is 52.7 Å². The summed E-state index contributed by atoms with van der Waals surface area (Å²) in [5, 5.41) is 0.317. The summed E-state index contributed by atoms with van der Waals surface area (Å²) in [5.41, 5.74) is -1.28. The van der Waals surface area contributed by atoms with E-state index >= 15 is 0 Å². The van der Waals surface area contributed by atoms with Gasteiger partial charge in [-0.25, -0.2) is 18.9 Å². The number of amides is 2. The van der Waals surface area contributed by atoms with Gasteiger partial charge in [0.05, 0.1) is 17.9 Å². The minimum atomic E-state index is -1.38. The van der Waals surface area contributed by atoms with Gasteiger partial charge in [0.25, 0.3) is 5.91 Å².